The highest BCUT2D eigenvalue weighted by Crippen LogP contribution is 2.48. The van der Waals surface area contributed by atoms with Crippen molar-refractivity contribution in [3.05, 3.63) is 58.9 Å². The number of fused-ring (bicyclic) bond motifs is 2. The van der Waals surface area contributed by atoms with E-state index in [1.165, 1.54) is 5.56 Å². The summed E-state index contributed by atoms with van der Waals surface area (Å²) in [5.74, 6) is -2.30. The number of nitrogens with one attached hydrogen (secondary N) is 1. The number of carboxylic acids is 1. The summed E-state index contributed by atoms with van der Waals surface area (Å²) in [5, 5.41) is 17.2. The predicted octanol–water partition coefficient (Wildman–Crippen LogP) is 3.32. The zero-order valence-corrected chi connectivity index (χ0v) is 16.3. The van der Waals surface area contributed by atoms with Crippen molar-refractivity contribution in [3.8, 4) is 0 Å². The zero-order chi connectivity index (χ0) is 20.0. The van der Waals surface area contributed by atoms with Crippen molar-refractivity contribution in [2.75, 3.05) is 5.32 Å². The van der Waals surface area contributed by atoms with Crippen molar-refractivity contribution < 1.29 is 14.7 Å². The van der Waals surface area contributed by atoms with Gasteiger partial charge in [0.1, 0.15) is 0 Å². The molecule has 0 spiro atoms. The molecule has 2 bridgehead atoms. The fraction of sp³-hybridized carbons (Fsp3) is 0.409. The Morgan fingerprint density at radius 3 is 2.39 bits per heavy atom. The van der Waals surface area contributed by atoms with Crippen molar-refractivity contribution in [3.63, 3.8) is 0 Å². The molecular weight excluding hydrogens is 354 g/mol. The van der Waals surface area contributed by atoms with E-state index in [-0.39, 0.29) is 17.7 Å². The van der Waals surface area contributed by atoms with E-state index in [4.69, 9.17) is 0 Å². The van der Waals surface area contributed by atoms with Crippen LogP contribution in [0.1, 0.15) is 28.9 Å². The smallest absolute Gasteiger partial charge is 0.307 e. The molecule has 28 heavy (non-hydrogen) atoms. The molecule has 0 aliphatic heterocycles. The fourth-order valence-electron chi connectivity index (χ4n) is 4.62. The van der Waals surface area contributed by atoms with Gasteiger partial charge >= 0.3 is 5.97 Å². The van der Waals surface area contributed by atoms with Gasteiger partial charge in [-0.1, -0.05) is 42.0 Å². The molecule has 0 unspecified atom stereocenters. The van der Waals surface area contributed by atoms with E-state index in [1.54, 1.807) is 0 Å². The number of carboxylic acid groups (broad SMARTS) is 1. The summed E-state index contributed by atoms with van der Waals surface area (Å²) in [6.45, 7) is 6.47. The summed E-state index contributed by atoms with van der Waals surface area (Å²) < 4.78 is 1.88. The topological polar surface area (TPSA) is 84.2 Å². The van der Waals surface area contributed by atoms with Crippen LogP contribution in [-0.4, -0.2) is 26.8 Å². The van der Waals surface area contributed by atoms with Crippen LogP contribution in [0.15, 0.2) is 36.4 Å². The lowest BCUT2D eigenvalue weighted by Crippen LogP contribution is -2.36. The van der Waals surface area contributed by atoms with Gasteiger partial charge in [0.05, 0.1) is 35.5 Å². The number of aliphatic carboxylic acids is 1. The highest BCUT2D eigenvalue weighted by Gasteiger charge is 2.51. The lowest BCUT2D eigenvalue weighted by atomic mass is 9.82. The Bertz CT molecular complexity index is 958. The van der Waals surface area contributed by atoms with Crippen molar-refractivity contribution in [2.24, 2.45) is 23.7 Å². The summed E-state index contributed by atoms with van der Waals surface area (Å²) in [7, 11) is 0. The Kier molecular flexibility index (Phi) is 4.57. The summed E-state index contributed by atoms with van der Waals surface area (Å²) >= 11 is 0. The third kappa shape index (κ3) is 3.13. The number of carbonyl (C=O) groups is 2. The molecule has 1 saturated carbocycles. The van der Waals surface area contributed by atoms with Crippen LogP contribution in [-0.2, 0) is 16.1 Å². The number of amides is 1. The standard InChI is InChI=1S/C22H25N3O3/c1-12-4-6-15(7-5-12)11-25-14(3)20(13(2)24-25)23-21(26)18-16-8-9-17(10-16)19(18)22(27)28/h4-9,16-19H,10-11H2,1-3H3,(H,23,26)(H,27,28)/t16-,17-,18+,19+/m0/s1. The van der Waals surface area contributed by atoms with Crippen LogP contribution in [0.25, 0.3) is 0 Å². The van der Waals surface area contributed by atoms with Crippen molar-refractivity contribution >= 4 is 17.6 Å². The van der Waals surface area contributed by atoms with E-state index in [2.05, 4.69) is 41.6 Å². The maximum absolute atomic E-state index is 13.0. The average molecular weight is 379 g/mol. The largest absolute Gasteiger partial charge is 0.481 e. The molecular formula is C22H25N3O3. The van der Waals surface area contributed by atoms with Gasteiger partial charge in [0.2, 0.25) is 5.91 Å². The Hall–Kier alpha value is -2.89. The molecule has 4 rings (SSSR count). The third-order valence-corrected chi connectivity index (χ3v) is 6.13. The Balaban J connectivity index is 1.54. The molecule has 0 radical (unpaired) electrons. The van der Waals surface area contributed by atoms with Crippen molar-refractivity contribution in [1.82, 2.24) is 9.78 Å². The Morgan fingerprint density at radius 2 is 1.75 bits per heavy atom. The second-order valence-corrected chi connectivity index (χ2v) is 8.02. The highest BCUT2D eigenvalue weighted by atomic mass is 16.4. The summed E-state index contributed by atoms with van der Waals surface area (Å²) in [5.41, 5.74) is 4.64. The number of anilines is 1. The Labute approximate surface area is 164 Å². The van der Waals surface area contributed by atoms with Gasteiger partial charge in [-0.05, 0) is 44.6 Å². The van der Waals surface area contributed by atoms with Gasteiger partial charge in [-0.3, -0.25) is 14.3 Å². The number of nitrogens with zero attached hydrogens (tertiary/aromatic N) is 2. The normalized spacial score (nSPS) is 25.2. The van der Waals surface area contributed by atoms with Gasteiger partial charge in [0, 0.05) is 0 Å². The molecule has 6 heteroatoms. The highest BCUT2D eigenvalue weighted by molar-refractivity contribution is 5.97. The average Bonchev–Trinajstić information content (AvgIpc) is 3.33. The maximum Gasteiger partial charge on any atom is 0.307 e. The summed E-state index contributed by atoms with van der Waals surface area (Å²) in [6, 6.07) is 8.28. The Morgan fingerprint density at radius 1 is 1.11 bits per heavy atom. The number of allylic oxidation sites excluding steroid dienone is 2. The zero-order valence-electron chi connectivity index (χ0n) is 16.3. The van der Waals surface area contributed by atoms with Crippen LogP contribution in [0.4, 0.5) is 5.69 Å². The van der Waals surface area contributed by atoms with Crippen LogP contribution in [0, 0.1) is 44.4 Å². The molecule has 1 amide bonds. The number of rotatable bonds is 5. The SMILES string of the molecule is Cc1ccc(Cn2nc(C)c(NC(=O)[C@H]3[C@H](C(=O)O)[C@H]4C=C[C@H]3C4)c2C)cc1. The van der Waals surface area contributed by atoms with E-state index in [1.807, 2.05) is 30.7 Å². The third-order valence-electron chi connectivity index (χ3n) is 6.13. The number of hydrogen-bond acceptors (Lipinski definition) is 3. The molecule has 1 aromatic heterocycles. The van der Waals surface area contributed by atoms with Gasteiger partial charge in [-0.15, -0.1) is 0 Å². The molecule has 4 atom stereocenters. The molecule has 6 nitrogen and oxygen atoms in total. The van der Waals surface area contributed by atoms with Crippen molar-refractivity contribution in [1.29, 1.82) is 0 Å². The minimum absolute atomic E-state index is 0.00863. The van der Waals surface area contributed by atoms with E-state index in [0.717, 1.165) is 23.4 Å². The van der Waals surface area contributed by atoms with E-state index >= 15 is 0 Å². The lowest BCUT2D eigenvalue weighted by Gasteiger charge is -2.23. The van der Waals surface area contributed by atoms with E-state index in [0.29, 0.717) is 12.2 Å². The molecule has 2 N–H and O–H groups in total. The minimum atomic E-state index is -0.888. The van der Waals surface area contributed by atoms with Gasteiger partial charge in [0.25, 0.3) is 0 Å². The number of aromatic nitrogens is 2. The molecule has 2 aliphatic carbocycles. The second kappa shape index (κ2) is 6.93. The number of aryl methyl sites for hydroxylation is 2. The number of carbonyl (C=O) groups excluding carboxylic acids is 1. The molecule has 0 saturated heterocycles. The van der Waals surface area contributed by atoms with Crippen LogP contribution in [0.3, 0.4) is 0 Å². The van der Waals surface area contributed by atoms with Gasteiger partial charge in [-0.25, -0.2) is 0 Å². The van der Waals surface area contributed by atoms with Gasteiger partial charge < -0.3 is 10.4 Å². The summed E-state index contributed by atoms with van der Waals surface area (Å²) in [6.07, 6.45) is 4.69. The first-order valence-corrected chi connectivity index (χ1v) is 9.66. The molecule has 1 aromatic carbocycles. The van der Waals surface area contributed by atoms with Gasteiger partial charge in [0.15, 0.2) is 0 Å². The minimum Gasteiger partial charge on any atom is -0.481 e. The summed E-state index contributed by atoms with van der Waals surface area (Å²) in [4.78, 5) is 24.7. The maximum atomic E-state index is 13.0. The fourth-order valence-corrected chi connectivity index (χ4v) is 4.62. The number of hydrogen-bond donors (Lipinski definition) is 2. The second-order valence-electron chi connectivity index (χ2n) is 8.02. The van der Waals surface area contributed by atoms with Gasteiger partial charge in [-0.2, -0.15) is 5.10 Å². The van der Waals surface area contributed by atoms with Crippen LogP contribution < -0.4 is 5.32 Å². The molecule has 146 valence electrons. The van der Waals surface area contributed by atoms with Crippen LogP contribution in [0.5, 0.6) is 0 Å². The quantitative estimate of drug-likeness (QED) is 0.781. The van der Waals surface area contributed by atoms with Crippen LogP contribution >= 0.6 is 0 Å². The molecule has 2 aliphatic rings. The van der Waals surface area contributed by atoms with E-state index < -0.39 is 17.8 Å². The number of benzene rings is 1. The first-order valence-electron chi connectivity index (χ1n) is 9.66. The van der Waals surface area contributed by atoms with Crippen molar-refractivity contribution in [2.45, 2.75) is 33.7 Å². The van der Waals surface area contributed by atoms with Crippen LogP contribution in [0.2, 0.25) is 0 Å². The molecule has 1 heterocycles. The first kappa shape index (κ1) is 18.5. The van der Waals surface area contributed by atoms with E-state index in [9.17, 15) is 14.7 Å². The predicted molar refractivity (Wildman–Crippen MR) is 106 cm³/mol. The first-order chi connectivity index (χ1) is 13.3. The molecule has 1 fully saturated rings. The lowest BCUT2D eigenvalue weighted by molar-refractivity contribution is -0.146. The molecule has 2 aromatic rings. The monoisotopic (exact) mass is 379 g/mol.